The van der Waals surface area contributed by atoms with Crippen LogP contribution in [0.3, 0.4) is 0 Å². The number of esters is 1. The number of hydrogen-bond acceptors (Lipinski definition) is 4. The SMILES string of the molecule is O=C1OC2(CC1Nc1c(F)c(F)c(F)c(F)c1F)CC(c1ccccc1)(c1ccccc1)CO2. The summed E-state index contributed by atoms with van der Waals surface area (Å²) >= 11 is 0. The number of carbonyl (C=O) groups excluding carboxylic acids is 1. The van der Waals surface area contributed by atoms with Gasteiger partial charge >= 0.3 is 5.97 Å². The van der Waals surface area contributed by atoms with Gasteiger partial charge in [0.2, 0.25) is 11.6 Å². The van der Waals surface area contributed by atoms with E-state index < -0.39 is 58.0 Å². The summed E-state index contributed by atoms with van der Waals surface area (Å²) in [7, 11) is 0. The minimum absolute atomic E-state index is 0.156. The van der Waals surface area contributed by atoms with E-state index in [1.807, 2.05) is 60.7 Å². The van der Waals surface area contributed by atoms with Crippen molar-refractivity contribution in [3.63, 3.8) is 0 Å². The maximum absolute atomic E-state index is 14.2. The first-order chi connectivity index (χ1) is 16.3. The summed E-state index contributed by atoms with van der Waals surface area (Å²) in [4.78, 5) is 12.6. The Morgan fingerprint density at radius 3 is 1.79 bits per heavy atom. The molecule has 34 heavy (non-hydrogen) atoms. The molecule has 0 aliphatic carbocycles. The number of nitrogens with one attached hydrogen (secondary N) is 1. The smallest absolute Gasteiger partial charge is 0.331 e. The predicted octanol–water partition coefficient (Wildman–Crippen LogP) is 5.21. The third-order valence-corrected chi connectivity index (χ3v) is 6.42. The van der Waals surface area contributed by atoms with Crippen LogP contribution in [-0.2, 0) is 19.7 Å². The van der Waals surface area contributed by atoms with Crippen LogP contribution in [0.4, 0.5) is 27.6 Å². The zero-order chi connectivity index (χ0) is 24.1. The molecule has 0 amide bonds. The van der Waals surface area contributed by atoms with E-state index in [1.54, 1.807) is 0 Å². The Bertz CT molecular complexity index is 1190. The summed E-state index contributed by atoms with van der Waals surface area (Å²) in [6.07, 6.45) is 0.0157. The van der Waals surface area contributed by atoms with Gasteiger partial charge in [-0.1, -0.05) is 60.7 Å². The largest absolute Gasteiger partial charge is 0.431 e. The Kier molecular flexibility index (Phi) is 5.31. The van der Waals surface area contributed by atoms with Gasteiger partial charge in [0.25, 0.3) is 0 Å². The van der Waals surface area contributed by atoms with Gasteiger partial charge in [0.15, 0.2) is 23.3 Å². The normalized spacial score (nSPS) is 23.3. The molecule has 176 valence electrons. The van der Waals surface area contributed by atoms with Crippen molar-refractivity contribution in [3.05, 3.63) is 101 Å². The number of ether oxygens (including phenoxy) is 2. The average Bonchev–Trinajstić information content (AvgIpc) is 3.39. The fourth-order valence-corrected chi connectivity index (χ4v) is 4.77. The fraction of sp³-hybridized carbons (Fsp3) is 0.240. The van der Waals surface area contributed by atoms with Crippen molar-refractivity contribution in [2.45, 2.75) is 30.1 Å². The molecule has 2 heterocycles. The summed E-state index contributed by atoms with van der Waals surface area (Å²) in [6.45, 7) is 0.156. The Labute approximate surface area is 191 Å². The van der Waals surface area contributed by atoms with E-state index in [-0.39, 0.29) is 19.4 Å². The molecule has 2 aliphatic rings. The number of anilines is 1. The van der Waals surface area contributed by atoms with Gasteiger partial charge in [-0.15, -0.1) is 0 Å². The molecular weight excluding hydrogens is 457 g/mol. The molecule has 5 rings (SSSR count). The number of benzene rings is 3. The third-order valence-electron chi connectivity index (χ3n) is 6.42. The topological polar surface area (TPSA) is 47.6 Å². The summed E-state index contributed by atoms with van der Waals surface area (Å²) in [5.74, 6) is -13.0. The Balaban J connectivity index is 1.47. The van der Waals surface area contributed by atoms with Crippen LogP contribution in [0.25, 0.3) is 0 Å². The van der Waals surface area contributed by atoms with E-state index in [0.717, 1.165) is 11.1 Å². The summed E-state index contributed by atoms with van der Waals surface area (Å²) in [5, 5.41) is 2.14. The van der Waals surface area contributed by atoms with Crippen molar-refractivity contribution in [2.24, 2.45) is 0 Å². The zero-order valence-electron chi connectivity index (χ0n) is 17.6. The lowest BCUT2D eigenvalue weighted by Crippen LogP contribution is -2.33. The highest BCUT2D eigenvalue weighted by Gasteiger charge is 2.59. The van der Waals surface area contributed by atoms with Crippen molar-refractivity contribution in [3.8, 4) is 0 Å². The van der Waals surface area contributed by atoms with E-state index in [4.69, 9.17) is 9.47 Å². The highest BCUT2D eigenvalue weighted by atomic mass is 19.2. The molecule has 0 radical (unpaired) electrons. The van der Waals surface area contributed by atoms with Crippen LogP contribution >= 0.6 is 0 Å². The van der Waals surface area contributed by atoms with Crippen molar-refractivity contribution in [2.75, 3.05) is 11.9 Å². The number of hydrogen-bond donors (Lipinski definition) is 1. The first-order valence-electron chi connectivity index (χ1n) is 10.5. The van der Waals surface area contributed by atoms with Gasteiger partial charge in [0.1, 0.15) is 11.7 Å². The Hall–Kier alpha value is -3.46. The second-order valence-electron chi connectivity index (χ2n) is 8.46. The minimum atomic E-state index is -2.28. The van der Waals surface area contributed by atoms with Crippen LogP contribution in [0.1, 0.15) is 24.0 Å². The lowest BCUT2D eigenvalue weighted by molar-refractivity contribution is -0.192. The average molecular weight is 475 g/mol. The minimum Gasteiger partial charge on any atom is -0.431 e. The molecule has 2 saturated heterocycles. The van der Waals surface area contributed by atoms with Crippen LogP contribution < -0.4 is 5.32 Å². The second-order valence-corrected chi connectivity index (χ2v) is 8.46. The highest BCUT2D eigenvalue weighted by Crippen LogP contribution is 2.51. The van der Waals surface area contributed by atoms with Gasteiger partial charge in [-0.25, -0.2) is 26.7 Å². The van der Waals surface area contributed by atoms with E-state index in [9.17, 15) is 26.7 Å². The quantitative estimate of drug-likeness (QED) is 0.244. The monoisotopic (exact) mass is 475 g/mol. The van der Waals surface area contributed by atoms with Crippen LogP contribution in [0.5, 0.6) is 0 Å². The van der Waals surface area contributed by atoms with Gasteiger partial charge in [0, 0.05) is 12.8 Å². The molecule has 2 aliphatic heterocycles. The molecule has 1 N–H and O–H groups in total. The van der Waals surface area contributed by atoms with E-state index in [1.165, 1.54) is 0 Å². The molecule has 0 saturated carbocycles. The molecule has 2 fully saturated rings. The van der Waals surface area contributed by atoms with Gasteiger partial charge in [-0.3, -0.25) is 0 Å². The van der Waals surface area contributed by atoms with Gasteiger partial charge in [0.05, 0.1) is 12.0 Å². The third kappa shape index (κ3) is 3.42. The summed E-state index contributed by atoms with van der Waals surface area (Å²) < 4.78 is 80.4. The number of carbonyl (C=O) groups is 1. The van der Waals surface area contributed by atoms with Crippen LogP contribution in [0, 0.1) is 29.1 Å². The van der Waals surface area contributed by atoms with Crippen molar-refractivity contribution in [1.82, 2.24) is 0 Å². The Morgan fingerprint density at radius 1 is 0.765 bits per heavy atom. The molecule has 2 atom stereocenters. The predicted molar refractivity (Wildman–Crippen MR) is 111 cm³/mol. The van der Waals surface area contributed by atoms with Crippen molar-refractivity contribution in [1.29, 1.82) is 0 Å². The molecule has 3 aromatic carbocycles. The van der Waals surface area contributed by atoms with E-state index in [0.29, 0.717) is 0 Å². The number of rotatable bonds is 4. The first kappa shape index (κ1) is 22.3. The van der Waals surface area contributed by atoms with Crippen LogP contribution in [0.15, 0.2) is 60.7 Å². The maximum Gasteiger partial charge on any atom is 0.331 e. The van der Waals surface area contributed by atoms with E-state index in [2.05, 4.69) is 5.32 Å². The van der Waals surface area contributed by atoms with Gasteiger partial charge < -0.3 is 14.8 Å². The highest BCUT2D eigenvalue weighted by molar-refractivity contribution is 5.82. The summed E-state index contributed by atoms with van der Waals surface area (Å²) in [6, 6.07) is 17.6. The van der Waals surface area contributed by atoms with Gasteiger partial charge in [-0.05, 0) is 11.1 Å². The molecule has 4 nitrogen and oxygen atoms in total. The molecule has 3 aromatic rings. The molecular formula is C25H18F5NO3. The summed E-state index contributed by atoms with van der Waals surface area (Å²) in [5.41, 5.74) is -0.121. The van der Waals surface area contributed by atoms with Crippen molar-refractivity contribution >= 4 is 11.7 Å². The molecule has 9 heteroatoms. The zero-order valence-corrected chi connectivity index (χ0v) is 17.6. The van der Waals surface area contributed by atoms with Gasteiger partial charge in [-0.2, -0.15) is 0 Å². The Morgan fingerprint density at radius 2 is 1.26 bits per heavy atom. The van der Waals surface area contributed by atoms with Crippen molar-refractivity contribution < 1.29 is 36.2 Å². The second kappa shape index (κ2) is 8.09. The first-order valence-corrected chi connectivity index (χ1v) is 10.5. The maximum atomic E-state index is 14.2. The lowest BCUT2D eigenvalue weighted by atomic mass is 9.72. The standard InChI is InChI=1S/C25H18F5NO3/c26-17-18(27)20(29)22(21(30)19(17)28)31-16-11-25(34-23(16)32)12-24(13-33-25,14-7-3-1-4-8-14)15-9-5-2-6-10-15/h1-10,16,31H,11-13H2. The van der Waals surface area contributed by atoms with Crippen LogP contribution in [0.2, 0.25) is 0 Å². The molecule has 2 unspecified atom stereocenters. The molecule has 0 bridgehead atoms. The fourth-order valence-electron chi connectivity index (χ4n) is 4.77. The van der Waals surface area contributed by atoms with Crippen LogP contribution in [-0.4, -0.2) is 24.4 Å². The molecule has 1 spiro atoms. The van der Waals surface area contributed by atoms with E-state index >= 15 is 0 Å². The lowest BCUT2D eigenvalue weighted by Gasteiger charge is -2.30. The number of halogens is 5. The molecule has 0 aromatic heterocycles.